The van der Waals surface area contributed by atoms with Gasteiger partial charge < -0.3 is 11.1 Å². The summed E-state index contributed by atoms with van der Waals surface area (Å²) < 4.78 is 0.978. The SMILES string of the molecule is CCC(N)(CC)C(=O)Nc1cccc(Br)c1C. The van der Waals surface area contributed by atoms with Gasteiger partial charge in [-0.25, -0.2) is 0 Å². The Morgan fingerprint density at radius 1 is 1.41 bits per heavy atom. The Morgan fingerprint density at radius 2 is 2.00 bits per heavy atom. The molecule has 3 nitrogen and oxygen atoms in total. The van der Waals surface area contributed by atoms with Gasteiger partial charge in [0.1, 0.15) is 0 Å². The number of rotatable bonds is 4. The third-order valence-corrected chi connectivity index (χ3v) is 4.09. The molecule has 1 aromatic rings. The van der Waals surface area contributed by atoms with E-state index in [-0.39, 0.29) is 5.91 Å². The van der Waals surface area contributed by atoms with Crippen LogP contribution < -0.4 is 11.1 Å². The summed E-state index contributed by atoms with van der Waals surface area (Å²) in [6, 6.07) is 5.72. The van der Waals surface area contributed by atoms with E-state index >= 15 is 0 Å². The fourth-order valence-electron chi connectivity index (χ4n) is 1.56. The Kier molecular flexibility index (Phi) is 4.71. The van der Waals surface area contributed by atoms with Crippen LogP contribution in [-0.4, -0.2) is 11.4 Å². The minimum Gasteiger partial charge on any atom is -0.324 e. The lowest BCUT2D eigenvalue weighted by atomic mass is 9.93. The van der Waals surface area contributed by atoms with Crippen molar-refractivity contribution >= 4 is 27.5 Å². The molecular weight excluding hydrogens is 280 g/mol. The zero-order chi connectivity index (χ0) is 13.1. The Labute approximate surface area is 111 Å². The molecule has 0 bridgehead atoms. The van der Waals surface area contributed by atoms with E-state index in [1.54, 1.807) is 0 Å². The highest BCUT2D eigenvalue weighted by molar-refractivity contribution is 9.10. The number of halogens is 1. The Morgan fingerprint density at radius 3 is 2.53 bits per heavy atom. The molecule has 1 rings (SSSR count). The van der Waals surface area contributed by atoms with Crippen molar-refractivity contribution in [2.45, 2.75) is 39.2 Å². The van der Waals surface area contributed by atoms with Crippen LogP contribution in [0.2, 0.25) is 0 Å². The Balaban J connectivity index is 2.92. The first-order valence-electron chi connectivity index (χ1n) is 5.80. The number of anilines is 1. The predicted molar refractivity (Wildman–Crippen MR) is 75.0 cm³/mol. The highest BCUT2D eigenvalue weighted by atomic mass is 79.9. The molecule has 0 saturated carbocycles. The summed E-state index contributed by atoms with van der Waals surface area (Å²) in [5.41, 5.74) is 7.09. The quantitative estimate of drug-likeness (QED) is 0.897. The van der Waals surface area contributed by atoms with Gasteiger partial charge in [0.15, 0.2) is 0 Å². The van der Waals surface area contributed by atoms with E-state index in [1.807, 2.05) is 39.0 Å². The molecule has 3 N–H and O–H groups in total. The van der Waals surface area contributed by atoms with E-state index in [2.05, 4.69) is 21.2 Å². The van der Waals surface area contributed by atoms with Gasteiger partial charge in [-0.15, -0.1) is 0 Å². The van der Waals surface area contributed by atoms with Gasteiger partial charge in [-0.3, -0.25) is 4.79 Å². The van der Waals surface area contributed by atoms with E-state index < -0.39 is 5.54 Å². The lowest BCUT2D eigenvalue weighted by Crippen LogP contribution is -2.50. The molecule has 4 heteroatoms. The standard InChI is InChI=1S/C13H19BrN2O/c1-4-13(15,5-2)12(17)16-11-8-6-7-10(14)9(11)3/h6-8H,4-5,15H2,1-3H3,(H,16,17). The molecule has 0 aromatic heterocycles. The number of carbonyl (C=O) groups excluding carboxylic acids is 1. The van der Waals surface area contributed by atoms with Gasteiger partial charge in [0.2, 0.25) is 5.91 Å². The van der Waals surface area contributed by atoms with E-state index in [4.69, 9.17) is 5.73 Å². The average Bonchev–Trinajstić information content (AvgIpc) is 2.33. The van der Waals surface area contributed by atoms with Crippen molar-refractivity contribution in [2.24, 2.45) is 5.73 Å². The molecule has 0 aliphatic heterocycles. The van der Waals surface area contributed by atoms with Crippen LogP contribution in [0.5, 0.6) is 0 Å². The van der Waals surface area contributed by atoms with Gasteiger partial charge in [-0.2, -0.15) is 0 Å². The van der Waals surface area contributed by atoms with Crippen LogP contribution in [0.15, 0.2) is 22.7 Å². The third kappa shape index (κ3) is 3.07. The van der Waals surface area contributed by atoms with Crippen molar-refractivity contribution in [3.63, 3.8) is 0 Å². The highest BCUT2D eigenvalue weighted by Gasteiger charge is 2.30. The molecule has 0 fully saturated rings. The van der Waals surface area contributed by atoms with Crippen molar-refractivity contribution in [3.05, 3.63) is 28.2 Å². The second-order valence-corrected chi connectivity index (χ2v) is 5.08. The molecular formula is C13H19BrN2O. The van der Waals surface area contributed by atoms with Crippen LogP contribution in [0, 0.1) is 6.92 Å². The molecule has 0 radical (unpaired) electrons. The van der Waals surface area contributed by atoms with Crippen molar-refractivity contribution in [3.8, 4) is 0 Å². The Hall–Kier alpha value is -0.870. The molecule has 0 spiro atoms. The molecule has 1 aromatic carbocycles. The fourth-order valence-corrected chi connectivity index (χ4v) is 1.93. The van der Waals surface area contributed by atoms with Gasteiger partial charge in [-0.1, -0.05) is 35.8 Å². The zero-order valence-electron chi connectivity index (χ0n) is 10.5. The summed E-state index contributed by atoms with van der Waals surface area (Å²) in [6.07, 6.45) is 1.25. The van der Waals surface area contributed by atoms with Crippen LogP contribution in [0.4, 0.5) is 5.69 Å². The van der Waals surface area contributed by atoms with Gasteiger partial charge >= 0.3 is 0 Å². The number of nitrogens with two attached hydrogens (primary N) is 1. The van der Waals surface area contributed by atoms with Crippen molar-refractivity contribution in [1.29, 1.82) is 0 Å². The molecule has 0 aliphatic rings. The van der Waals surface area contributed by atoms with Crippen LogP contribution in [0.1, 0.15) is 32.3 Å². The van der Waals surface area contributed by atoms with E-state index in [0.29, 0.717) is 12.8 Å². The molecule has 0 saturated heterocycles. The summed E-state index contributed by atoms with van der Waals surface area (Å²) in [6.45, 7) is 5.81. The number of carbonyl (C=O) groups is 1. The summed E-state index contributed by atoms with van der Waals surface area (Å²) >= 11 is 3.44. The molecule has 0 heterocycles. The fraction of sp³-hybridized carbons (Fsp3) is 0.462. The molecule has 0 aliphatic carbocycles. The maximum absolute atomic E-state index is 12.1. The number of hydrogen-bond acceptors (Lipinski definition) is 2. The molecule has 0 unspecified atom stereocenters. The number of benzene rings is 1. The highest BCUT2D eigenvalue weighted by Crippen LogP contribution is 2.24. The van der Waals surface area contributed by atoms with Crippen molar-refractivity contribution in [2.75, 3.05) is 5.32 Å². The maximum Gasteiger partial charge on any atom is 0.244 e. The third-order valence-electron chi connectivity index (χ3n) is 3.23. The van der Waals surface area contributed by atoms with Gasteiger partial charge in [0.25, 0.3) is 0 Å². The lowest BCUT2D eigenvalue weighted by Gasteiger charge is -2.25. The second-order valence-electron chi connectivity index (χ2n) is 4.23. The predicted octanol–water partition coefficient (Wildman–Crippen LogP) is 3.21. The van der Waals surface area contributed by atoms with Gasteiger partial charge in [0.05, 0.1) is 5.54 Å². The summed E-state index contributed by atoms with van der Waals surface area (Å²) in [5, 5.41) is 2.90. The van der Waals surface area contributed by atoms with Crippen LogP contribution >= 0.6 is 15.9 Å². The van der Waals surface area contributed by atoms with E-state index in [0.717, 1.165) is 15.7 Å². The van der Waals surface area contributed by atoms with Crippen molar-refractivity contribution in [1.82, 2.24) is 0 Å². The minimum atomic E-state index is -0.783. The van der Waals surface area contributed by atoms with Crippen molar-refractivity contribution < 1.29 is 4.79 Å². The molecule has 0 atom stereocenters. The minimum absolute atomic E-state index is 0.122. The van der Waals surface area contributed by atoms with E-state index in [1.165, 1.54) is 0 Å². The normalized spacial score (nSPS) is 11.4. The number of amides is 1. The molecule has 17 heavy (non-hydrogen) atoms. The summed E-state index contributed by atoms with van der Waals surface area (Å²) in [7, 11) is 0. The van der Waals surface area contributed by atoms with Crippen LogP contribution in [0.25, 0.3) is 0 Å². The maximum atomic E-state index is 12.1. The smallest absolute Gasteiger partial charge is 0.244 e. The first kappa shape index (κ1) is 14.2. The molecule has 94 valence electrons. The average molecular weight is 299 g/mol. The summed E-state index contributed by atoms with van der Waals surface area (Å²) in [5.74, 6) is -0.122. The van der Waals surface area contributed by atoms with Gasteiger partial charge in [-0.05, 0) is 37.5 Å². The topological polar surface area (TPSA) is 55.1 Å². The summed E-state index contributed by atoms with van der Waals surface area (Å²) in [4.78, 5) is 12.1. The zero-order valence-corrected chi connectivity index (χ0v) is 12.1. The first-order chi connectivity index (χ1) is 7.94. The monoisotopic (exact) mass is 298 g/mol. The Bertz CT molecular complexity index is 414. The van der Waals surface area contributed by atoms with Gasteiger partial charge in [0, 0.05) is 10.2 Å². The second kappa shape index (κ2) is 5.65. The largest absolute Gasteiger partial charge is 0.324 e. The van der Waals surface area contributed by atoms with E-state index in [9.17, 15) is 4.79 Å². The van der Waals surface area contributed by atoms with Crippen LogP contribution in [-0.2, 0) is 4.79 Å². The molecule has 1 amide bonds. The lowest BCUT2D eigenvalue weighted by molar-refractivity contribution is -0.121. The number of nitrogens with one attached hydrogen (secondary N) is 1. The van der Waals surface area contributed by atoms with Crippen LogP contribution in [0.3, 0.4) is 0 Å². The first-order valence-corrected chi connectivity index (χ1v) is 6.59. The number of hydrogen-bond donors (Lipinski definition) is 2.